The van der Waals surface area contributed by atoms with Crippen LogP contribution in [0.5, 0.6) is 23.0 Å². The molecule has 2 fully saturated rings. The molecule has 2 saturated carbocycles. The average molecular weight is 549 g/mol. The van der Waals surface area contributed by atoms with E-state index in [0.717, 1.165) is 43.9 Å². The second kappa shape index (κ2) is 9.17. The van der Waals surface area contributed by atoms with Gasteiger partial charge in [-0.15, -0.1) is 0 Å². The average Bonchev–Trinajstić information content (AvgIpc) is 2.98. The van der Waals surface area contributed by atoms with Gasteiger partial charge in [0.1, 0.15) is 23.0 Å². The van der Waals surface area contributed by atoms with Gasteiger partial charge in [-0.05, 0) is 133 Å². The van der Waals surface area contributed by atoms with E-state index in [-0.39, 0.29) is 27.7 Å². The van der Waals surface area contributed by atoms with Crippen LogP contribution in [0.2, 0.25) is 0 Å². The maximum atomic E-state index is 10.4. The molecule has 0 bridgehead atoms. The van der Waals surface area contributed by atoms with Gasteiger partial charge in [0.25, 0.3) is 0 Å². The van der Waals surface area contributed by atoms with E-state index in [4.69, 9.17) is 0 Å². The van der Waals surface area contributed by atoms with Crippen LogP contribution in [0.1, 0.15) is 87.5 Å². The number of hydrogen-bond acceptors (Lipinski definition) is 4. The van der Waals surface area contributed by atoms with E-state index in [9.17, 15) is 20.4 Å². The van der Waals surface area contributed by atoms with E-state index in [1.165, 1.54) is 35.1 Å². The summed E-state index contributed by atoms with van der Waals surface area (Å²) < 4.78 is 0. The molecule has 3 aliphatic carbocycles. The summed E-state index contributed by atoms with van der Waals surface area (Å²) in [6, 6.07) is 23.2. The lowest BCUT2D eigenvalue weighted by atomic mass is 9.50. The van der Waals surface area contributed by atoms with Crippen LogP contribution in [0.4, 0.5) is 0 Å². The third-order valence-electron chi connectivity index (χ3n) is 11.8. The van der Waals surface area contributed by atoms with Crippen molar-refractivity contribution in [1.82, 2.24) is 0 Å². The number of aromatic hydroxyl groups is 4. The molecule has 0 heterocycles. The fourth-order valence-electron chi connectivity index (χ4n) is 9.23. The lowest BCUT2D eigenvalue weighted by Gasteiger charge is -2.54. The Labute approximate surface area is 242 Å². The van der Waals surface area contributed by atoms with Gasteiger partial charge in [0, 0.05) is 10.8 Å². The van der Waals surface area contributed by atoms with Crippen molar-refractivity contribution in [1.29, 1.82) is 0 Å². The van der Waals surface area contributed by atoms with Crippen LogP contribution in [0.15, 0.2) is 72.8 Å². The number of benzene rings is 4. The van der Waals surface area contributed by atoms with Crippen molar-refractivity contribution < 1.29 is 20.4 Å². The van der Waals surface area contributed by atoms with Gasteiger partial charge >= 0.3 is 0 Å². The summed E-state index contributed by atoms with van der Waals surface area (Å²) in [6.07, 6.45) is 9.02. The van der Waals surface area contributed by atoms with Crippen molar-refractivity contribution in [2.75, 3.05) is 0 Å². The van der Waals surface area contributed by atoms with E-state index >= 15 is 0 Å². The first-order valence-corrected chi connectivity index (χ1v) is 15.2. The Bertz CT molecular complexity index is 1510. The first kappa shape index (κ1) is 26.3. The highest BCUT2D eigenvalue weighted by atomic mass is 16.3. The topological polar surface area (TPSA) is 80.9 Å². The molecule has 4 aromatic carbocycles. The number of rotatable bonds is 4. The molecule has 0 atom stereocenters. The Kier molecular flexibility index (Phi) is 5.87. The molecule has 212 valence electrons. The molecule has 7 rings (SSSR count). The van der Waals surface area contributed by atoms with E-state index < -0.39 is 0 Å². The van der Waals surface area contributed by atoms with E-state index in [0.29, 0.717) is 28.7 Å². The van der Waals surface area contributed by atoms with Crippen molar-refractivity contribution in [3.05, 3.63) is 95.1 Å². The minimum Gasteiger partial charge on any atom is -0.508 e. The second-order valence-corrected chi connectivity index (χ2v) is 13.6. The summed E-state index contributed by atoms with van der Waals surface area (Å²) in [5, 5.41) is 42.4. The van der Waals surface area contributed by atoms with Crippen molar-refractivity contribution >= 4 is 10.8 Å². The van der Waals surface area contributed by atoms with Gasteiger partial charge in [0.05, 0.1) is 5.39 Å². The minimum atomic E-state index is -0.115. The fraction of sp³-hybridized carbons (Fsp3) is 0.405. The van der Waals surface area contributed by atoms with Crippen LogP contribution < -0.4 is 0 Å². The molecule has 0 aliphatic heterocycles. The molecule has 4 N–H and O–H groups in total. The SMILES string of the molecule is CC(C)(C1CCC(c2ccc(O)cc2)(c2ccc(O)cc2)CC1)C1CCC2(CC1)c1ccc(O)c3c(O)ccc2c13. The maximum absolute atomic E-state index is 10.4. The molecule has 41 heavy (non-hydrogen) atoms. The van der Waals surface area contributed by atoms with Gasteiger partial charge in [-0.3, -0.25) is 0 Å². The Balaban J connectivity index is 1.10. The molecule has 4 aromatic rings. The van der Waals surface area contributed by atoms with Crippen LogP contribution in [-0.2, 0) is 10.8 Å². The van der Waals surface area contributed by atoms with Crippen LogP contribution in [0, 0.1) is 17.3 Å². The van der Waals surface area contributed by atoms with Crippen LogP contribution >= 0.6 is 0 Å². The monoisotopic (exact) mass is 548 g/mol. The van der Waals surface area contributed by atoms with Gasteiger partial charge in [-0.1, -0.05) is 50.2 Å². The van der Waals surface area contributed by atoms with E-state index in [1.54, 1.807) is 36.4 Å². The minimum absolute atomic E-state index is 0.0566. The standard InChI is InChI=1S/C37H40O4/c1-35(2,24-17-21-37(22-18-24)29-11-13-31(40)34-32(41)14-12-30(37)33(29)34)23-15-19-36(20-16-23,25-3-7-27(38)8-4-25)26-5-9-28(39)10-6-26/h3-14,23-24,38-41H,15-22H2,1-2H3. The molecule has 0 radical (unpaired) electrons. The number of phenolic OH excluding ortho intramolecular Hbond substituents is 4. The lowest BCUT2D eigenvalue weighted by Crippen LogP contribution is -2.45. The van der Waals surface area contributed by atoms with Gasteiger partial charge in [0.2, 0.25) is 0 Å². The van der Waals surface area contributed by atoms with Crippen molar-refractivity contribution in [2.45, 2.75) is 76.0 Å². The highest BCUT2D eigenvalue weighted by Crippen LogP contribution is 2.62. The third-order valence-corrected chi connectivity index (χ3v) is 11.8. The summed E-state index contributed by atoms with van der Waals surface area (Å²) >= 11 is 0. The zero-order valence-corrected chi connectivity index (χ0v) is 24.0. The Morgan fingerprint density at radius 2 is 0.902 bits per heavy atom. The molecule has 3 aliphatic rings. The Morgan fingerprint density at radius 1 is 0.512 bits per heavy atom. The fourth-order valence-corrected chi connectivity index (χ4v) is 9.23. The van der Waals surface area contributed by atoms with Gasteiger partial charge in [0.15, 0.2) is 0 Å². The molecular weight excluding hydrogens is 508 g/mol. The highest BCUT2D eigenvalue weighted by molar-refractivity contribution is 6.04. The quantitative estimate of drug-likeness (QED) is 0.206. The van der Waals surface area contributed by atoms with Crippen LogP contribution in [0.3, 0.4) is 0 Å². The lowest BCUT2D eigenvalue weighted by molar-refractivity contribution is 0.0357. The summed E-state index contributed by atoms with van der Waals surface area (Å²) in [7, 11) is 0. The third kappa shape index (κ3) is 3.79. The van der Waals surface area contributed by atoms with Crippen molar-refractivity contribution in [3.63, 3.8) is 0 Å². The predicted octanol–water partition coefficient (Wildman–Crippen LogP) is 8.65. The molecule has 4 nitrogen and oxygen atoms in total. The number of fused-ring (bicyclic) bond motifs is 2. The van der Waals surface area contributed by atoms with Gasteiger partial charge < -0.3 is 20.4 Å². The molecule has 4 heteroatoms. The van der Waals surface area contributed by atoms with E-state index in [1.807, 2.05) is 0 Å². The molecule has 1 spiro atoms. The summed E-state index contributed by atoms with van der Waals surface area (Å²) in [5.74, 6) is 2.20. The van der Waals surface area contributed by atoms with Gasteiger partial charge in [-0.25, -0.2) is 0 Å². The molecule has 0 saturated heterocycles. The maximum Gasteiger partial charge on any atom is 0.127 e. The predicted molar refractivity (Wildman–Crippen MR) is 163 cm³/mol. The first-order chi connectivity index (χ1) is 19.7. The summed E-state index contributed by atoms with van der Waals surface area (Å²) in [5.41, 5.74) is 5.26. The van der Waals surface area contributed by atoms with Crippen LogP contribution in [0.25, 0.3) is 10.8 Å². The second-order valence-electron chi connectivity index (χ2n) is 13.6. The first-order valence-electron chi connectivity index (χ1n) is 15.2. The normalized spacial score (nSPS) is 21.6. The summed E-state index contributed by atoms with van der Waals surface area (Å²) in [4.78, 5) is 0. The van der Waals surface area contributed by atoms with E-state index in [2.05, 4.69) is 50.2 Å². The molecule has 0 amide bonds. The van der Waals surface area contributed by atoms with Crippen molar-refractivity contribution in [3.8, 4) is 23.0 Å². The Hall–Kier alpha value is -3.66. The zero-order valence-electron chi connectivity index (χ0n) is 24.0. The van der Waals surface area contributed by atoms with Crippen molar-refractivity contribution in [2.24, 2.45) is 17.3 Å². The largest absolute Gasteiger partial charge is 0.508 e. The van der Waals surface area contributed by atoms with Crippen LogP contribution in [-0.4, -0.2) is 20.4 Å². The smallest absolute Gasteiger partial charge is 0.127 e. The number of hydrogen-bond donors (Lipinski definition) is 4. The Morgan fingerprint density at radius 3 is 1.32 bits per heavy atom. The molecule has 0 aromatic heterocycles. The number of phenols is 4. The highest BCUT2D eigenvalue weighted by Gasteiger charge is 2.51. The molecular formula is C37H40O4. The molecule has 0 unspecified atom stereocenters. The zero-order chi connectivity index (χ0) is 28.6. The summed E-state index contributed by atoms with van der Waals surface area (Å²) in [6.45, 7) is 5.00. The van der Waals surface area contributed by atoms with Gasteiger partial charge in [-0.2, -0.15) is 0 Å².